The smallest absolute Gasteiger partial charge is 0.244 e. The number of aromatic nitrogens is 1. The maximum Gasteiger partial charge on any atom is 0.244 e. The first-order chi connectivity index (χ1) is 14.5. The minimum absolute atomic E-state index is 0.135. The molecule has 1 saturated carbocycles. The zero-order chi connectivity index (χ0) is 21.1. The molecule has 0 bridgehead atoms. The molecule has 1 aromatic heterocycles. The summed E-state index contributed by atoms with van der Waals surface area (Å²) >= 11 is 0. The molecule has 2 heterocycles. The second kappa shape index (κ2) is 8.73. The van der Waals surface area contributed by atoms with E-state index < -0.39 is 10.0 Å². The normalized spacial score (nSPS) is 18.2. The maximum atomic E-state index is 13.3. The highest BCUT2D eigenvalue weighted by Crippen LogP contribution is 2.33. The fourth-order valence-corrected chi connectivity index (χ4v) is 5.36. The van der Waals surface area contributed by atoms with Crippen molar-refractivity contribution in [2.75, 3.05) is 20.2 Å². The summed E-state index contributed by atoms with van der Waals surface area (Å²) in [5.74, 6) is 0.807. The Morgan fingerprint density at radius 3 is 2.40 bits per heavy atom. The number of sulfonamides is 1. The van der Waals surface area contributed by atoms with Crippen molar-refractivity contribution in [2.24, 2.45) is 5.92 Å². The number of carbonyl (C=O) groups is 1. The number of benzene rings is 1. The summed E-state index contributed by atoms with van der Waals surface area (Å²) in [5.41, 5.74) is 1.08. The lowest BCUT2D eigenvalue weighted by Gasteiger charge is -2.34. The molecule has 1 aliphatic carbocycles. The molecule has 4 rings (SSSR count). The van der Waals surface area contributed by atoms with E-state index in [0.29, 0.717) is 38.5 Å². The molecule has 160 valence electrons. The number of amides is 1. The molecule has 2 aliphatic rings. The molecule has 8 heteroatoms. The van der Waals surface area contributed by atoms with Crippen LogP contribution in [0.2, 0.25) is 0 Å². The first-order valence-electron chi connectivity index (χ1n) is 10.3. The van der Waals surface area contributed by atoms with Crippen molar-refractivity contribution >= 4 is 15.9 Å². The monoisotopic (exact) mass is 429 g/mol. The SMILES string of the molecule is COc1ccc(CN(C(=O)C2CCN(S(=O)(=O)c3cccnc3)CC2)C2CC2)cc1. The molecule has 0 spiro atoms. The fourth-order valence-electron chi connectivity index (χ4n) is 3.93. The first-order valence-corrected chi connectivity index (χ1v) is 11.8. The van der Waals surface area contributed by atoms with E-state index in [2.05, 4.69) is 4.98 Å². The zero-order valence-electron chi connectivity index (χ0n) is 17.1. The van der Waals surface area contributed by atoms with E-state index in [-0.39, 0.29) is 16.7 Å². The van der Waals surface area contributed by atoms with Crippen LogP contribution >= 0.6 is 0 Å². The van der Waals surface area contributed by atoms with E-state index in [1.54, 1.807) is 25.4 Å². The lowest BCUT2D eigenvalue weighted by Crippen LogP contribution is -2.44. The highest BCUT2D eigenvalue weighted by molar-refractivity contribution is 7.89. The van der Waals surface area contributed by atoms with Crippen molar-refractivity contribution in [3.05, 3.63) is 54.4 Å². The summed E-state index contributed by atoms with van der Waals surface area (Å²) in [4.78, 5) is 19.4. The van der Waals surface area contributed by atoms with E-state index >= 15 is 0 Å². The molecule has 2 aromatic rings. The molecule has 1 aromatic carbocycles. The summed E-state index contributed by atoms with van der Waals surface area (Å²) in [7, 11) is -1.92. The van der Waals surface area contributed by atoms with Gasteiger partial charge in [0.15, 0.2) is 0 Å². The quantitative estimate of drug-likeness (QED) is 0.676. The third-order valence-electron chi connectivity index (χ3n) is 5.86. The van der Waals surface area contributed by atoms with Crippen molar-refractivity contribution in [2.45, 2.75) is 43.2 Å². The Balaban J connectivity index is 1.39. The van der Waals surface area contributed by atoms with E-state index in [1.807, 2.05) is 29.2 Å². The van der Waals surface area contributed by atoms with E-state index in [1.165, 1.54) is 10.5 Å². The molecule has 30 heavy (non-hydrogen) atoms. The van der Waals surface area contributed by atoms with Gasteiger partial charge in [-0.3, -0.25) is 9.78 Å². The minimum Gasteiger partial charge on any atom is -0.497 e. The number of rotatable bonds is 7. The van der Waals surface area contributed by atoms with Gasteiger partial charge in [-0.1, -0.05) is 12.1 Å². The van der Waals surface area contributed by atoms with E-state index in [0.717, 1.165) is 24.2 Å². The lowest BCUT2D eigenvalue weighted by atomic mass is 9.96. The Labute approximate surface area is 177 Å². The number of nitrogens with zero attached hydrogens (tertiary/aromatic N) is 3. The van der Waals surface area contributed by atoms with Gasteiger partial charge in [0.2, 0.25) is 15.9 Å². The lowest BCUT2D eigenvalue weighted by molar-refractivity contribution is -0.138. The van der Waals surface area contributed by atoms with Gasteiger partial charge in [0.05, 0.1) is 7.11 Å². The topological polar surface area (TPSA) is 79.8 Å². The van der Waals surface area contributed by atoms with Crippen molar-refractivity contribution in [1.29, 1.82) is 0 Å². The van der Waals surface area contributed by atoms with Crippen molar-refractivity contribution in [3.63, 3.8) is 0 Å². The largest absolute Gasteiger partial charge is 0.497 e. The van der Waals surface area contributed by atoms with Gasteiger partial charge in [0, 0.05) is 44.0 Å². The summed E-state index contributed by atoms with van der Waals surface area (Å²) in [5, 5.41) is 0. The summed E-state index contributed by atoms with van der Waals surface area (Å²) in [6.07, 6.45) is 6.09. The number of hydrogen-bond donors (Lipinski definition) is 0. The second-order valence-corrected chi connectivity index (χ2v) is 9.85. The number of hydrogen-bond acceptors (Lipinski definition) is 5. The summed E-state index contributed by atoms with van der Waals surface area (Å²) in [6.45, 7) is 1.30. The van der Waals surface area contributed by atoms with Crippen LogP contribution in [0.1, 0.15) is 31.2 Å². The van der Waals surface area contributed by atoms with Crippen LogP contribution < -0.4 is 4.74 Å². The molecule has 0 radical (unpaired) electrons. The fraction of sp³-hybridized carbons (Fsp3) is 0.455. The predicted molar refractivity (Wildman–Crippen MR) is 112 cm³/mol. The average Bonchev–Trinajstić information content (AvgIpc) is 3.63. The zero-order valence-corrected chi connectivity index (χ0v) is 17.9. The standard InChI is InChI=1S/C22H27N3O4S/c1-29-20-8-4-17(5-9-20)16-25(19-6-7-19)22(26)18-10-13-24(14-11-18)30(27,28)21-3-2-12-23-15-21/h2-5,8-9,12,15,18-19H,6-7,10-11,13-14,16H2,1H3. The van der Waals surface area contributed by atoms with Crippen LogP contribution in [0.3, 0.4) is 0 Å². The molecule has 1 saturated heterocycles. The van der Waals surface area contributed by atoms with Crippen LogP contribution in [0.4, 0.5) is 0 Å². The Bertz CT molecular complexity index is 967. The Kier molecular flexibility index (Phi) is 6.06. The van der Waals surface area contributed by atoms with Gasteiger partial charge in [-0.2, -0.15) is 4.31 Å². The van der Waals surface area contributed by atoms with Gasteiger partial charge in [-0.25, -0.2) is 8.42 Å². The minimum atomic E-state index is -3.56. The van der Waals surface area contributed by atoms with Gasteiger partial charge in [0.25, 0.3) is 0 Å². The Hall–Kier alpha value is -2.45. The van der Waals surface area contributed by atoms with Crippen LogP contribution in [0.5, 0.6) is 5.75 Å². The van der Waals surface area contributed by atoms with Crippen molar-refractivity contribution < 1.29 is 17.9 Å². The van der Waals surface area contributed by atoms with Crippen LogP contribution in [0.15, 0.2) is 53.7 Å². The van der Waals surface area contributed by atoms with Crippen LogP contribution in [-0.4, -0.2) is 54.8 Å². The summed E-state index contributed by atoms with van der Waals surface area (Å²) < 4.78 is 32.3. The van der Waals surface area contributed by atoms with Gasteiger partial charge >= 0.3 is 0 Å². The van der Waals surface area contributed by atoms with Crippen molar-refractivity contribution in [1.82, 2.24) is 14.2 Å². The van der Waals surface area contributed by atoms with Gasteiger partial charge in [0.1, 0.15) is 10.6 Å². The Morgan fingerprint density at radius 1 is 1.13 bits per heavy atom. The maximum absolute atomic E-state index is 13.3. The number of methoxy groups -OCH3 is 1. The molecule has 1 amide bonds. The summed E-state index contributed by atoms with van der Waals surface area (Å²) in [6, 6.07) is 11.3. The highest BCUT2D eigenvalue weighted by Gasteiger charge is 2.38. The van der Waals surface area contributed by atoms with Crippen LogP contribution in [0.25, 0.3) is 0 Å². The van der Waals surface area contributed by atoms with E-state index in [4.69, 9.17) is 4.74 Å². The number of piperidine rings is 1. The molecule has 0 atom stereocenters. The number of carbonyl (C=O) groups excluding carboxylic acids is 1. The molecule has 7 nitrogen and oxygen atoms in total. The third-order valence-corrected chi connectivity index (χ3v) is 7.74. The molecule has 0 N–H and O–H groups in total. The highest BCUT2D eigenvalue weighted by atomic mass is 32.2. The van der Waals surface area contributed by atoms with Crippen LogP contribution in [-0.2, 0) is 21.4 Å². The molecule has 2 fully saturated rings. The van der Waals surface area contributed by atoms with E-state index in [9.17, 15) is 13.2 Å². The van der Waals surface area contributed by atoms with Gasteiger partial charge < -0.3 is 9.64 Å². The van der Waals surface area contributed by atoms with Gasteiger partial charge in [-0.05, 0) is 55.5 Å². The molecule has 0 unspecified atom stereocenters. The average molecular weight is 430 g/mol. The third kappa shape index (κ3) is 4.49. The number of pyridine rings is 1. The molecular formula is C22H27N3O4S. The van der Waals surface area contributed by atoms with Crippen molar-refractivity contribution in [3.8, 4) is 5.75 Å². The van der Waals surface area contributed by atoms with Gasteiger partial charge in [-0.15, -0.1) is 0 Å². The molecular weight excluding hydrogens is 402 g/mol. The van der Waals surface area contributed by atoms with Crippen LogP contribution in [0, 0.1) is 5.92 Å². The Morgan fingerprint density at radius 2 is 1.83 bits per heavy atom. The first kappa shape index (κ1) is 20.8. The predicted octanol–water partition coefficient (Wildman–Crippen LogP) is 2.68. The second-order valence-electron chi connectivity index (χ2n) is 7.91. The number of ether oxygens (including phenoxy) is 1. The molecule has 1 aliphatic heterocycles.